The van der Waals surface area contributed by atoms with Gasteiger partial charge in [-0.25, -0.2) is 18.4 Å². The molecule has 4 saturated heterocycles. The Labute approximate surface area is 370 Å². The molecule has 0 spiro atoms. The lowest BCUT2D eigenvalue weighted by atomic mass is 9.91. The third-order valence-corrected chi connectivity index (χ3v) is 14.4. The summed E-state index contributed by atoms with van der Waals surface area (Å²) in [5, 5.41) is 7.28. The number of nitrogens with zero attached hydrogens (tertiary/aromatic N) is 8. The van der Waals surface area contributed by atoms with E-state index < -0.39 is 21.8 Å². The van der Waals surface area contributed by atoms with Gasteiger partial charge in [-0.2, -0.15) is 17.8 Å². The highest BCUT2D eigenvalue weighted by Gasteiger charge is 2.31. The Bertz CT molecular complexity index is 2590. The quantitative estimate of drug-likeness (QED) is 0.139. The summed E-state index contributed by atoms with van der Waals surface area (Å²) in [7, 11) is -4.02. The lowest BCUT2D eigenvalue weighted by Gasteiger charge is -2.35. The van der Waals surface area contributed by atoms with Gasteiger partial charge in [0, 0.05) is 111 Å². The maximum Gasteiger partial charge on any atom is 0.301 e. The predicted molar refractivity (Wildman–Crippen MR) is 238 cm³/mol. The van der Waals surface area contributed by atoms with Gasteiger partial charge in [0.2, 0.25) is 11.8 Å². The molecule has 63 heavy (non-hydrogen) atoms. The van der Waals surface area contributed by atoms with Crippen molar-refractivity contribution in [2.45, 2.75) is 50.9 Å². The van der Waals surface area contributed by atoms with Gasteiger partial charge >= 0.3 is 10.2 Å². The van der Waals surface area contributed by atoms with Gasteiger partial charge in [-0.15, -0.1) is 0 Å². The van der Waals surface area contributed by atoms with Crippen LogP contribution in [0.1, 0.15) is 56.4 Å². The Morgan fingerprint density at radius 1 is 0.825 bits per heavy atom. The van der Waals surface area contributed by atoms with Crippen molar-refractivity contribution in [3.05, 3.63) is 102 Å². The Kier molecular flexibility index (Phi) is 12.4. The highest BCUT2D eigenvalue weighted by atomic mass is 35.5. The largest absolute Gasteiger partial charge is 0.370 e. The third-order valence-electron chi connectivity index (χ3n) is 12.6. The summed E-state index contributed by atoms with van der Waals surface area (Å²) in [6, 6.07) is 15.1. The number of carbonyl (C=O) groups excluding carboxylic acids is 2. The smallest absolute Gasteiger partial charge is 0.301 e. The summed E-state index contributed by atoms with van der Waals surface area (Å²) in [6.07, 6.45) is 11.8. The van der Waals surface area contributed by atoms with Gasteiger partial charge < -0.3 is 14.7 Å². The van der Waals surface area contributed by atoms with E-state index in [-0.39, 0.29) is 39.7 Å². The molecule has 4 aliphatic heterocycles. The van der Waals surface area contributed by atoms with E-state index in [1.165, 1.54) is 33.4 Å². The fraction of sp³-hybridized carbons (Fsp3) is 0.400. The molecule has 0 unspecified atom stereocenters. The van der Waals surface area contributed by atoms with Crippen LogP contribution >= 0.6 is 11.6 Å². The van der Waals surface area contributed by atoms with E-state index in [0.717, 1.165) is 95.0 Å². The molecule has 2 aromatic carbocycles. The maximum absolute atomic E-state index is 16.4. The average Bonchev–Trinajstić information content (AvgIpc) is 3.94. The van der Waals surface area contributed by atoms with E-state index in [0.29, 0.717) is 48.7 Å². The van der Waals surface area contributed by atoms with Crippen molar-refractivity contribution in [1.82, 2.24) is 34.3 Å². The van der Waals surface area contributed by atoms with Gasteiger partial charge in [-0.1, -0.05) is 17.7 Å². The topological polar surface area (TPSA) is 149 Å². The fourth-order valence-electron chi connectivity index (χ4n) is 9.21. The van der Waals surface area contributed by atoms with Crippen LogP contribution in [-0.4, -0.2) is 108 Å². The molecule has 14 nitrogen and oxygen atoms in total. The van der Waals surface area contributed by atoms with Gasteiger partial charge in [0.05, 0.1) is 11.6 Å². The monoisotopic (exact) mass is 898 g/mol. The number of carbonyl (C=O) groups is 2. The highest BCUT2D eigenvalue weighted by Crippen LogP contribution is 2.39. The molecule has 9 rings (SSSR count). The van der Waals surface area contributed by atoms with Gasteiger partial charge in [0.25, 0.3) is 0 Å². The van der Waals surface area contributed by atoms with E-state index in [4.69, 9.17) is 16.7 Å². The van der Waals surface area contributed by atoms with Crippen LogP contribution in [0.15, 0.2) is 79.4 Å². The Morgan fingerprint density at radius 3 is 2.35 bits per heavy atom. The molecular weight excluding hydrogens is 850 g/mol. The van der Waals surface area contributed by atoms with E-state index in [9.17, 15) is 18.0 Å². The van der Waals surface area contributed by atoms with E-state index in [1.54, 1.807) is 36.8 Å². The summed E-state index contributed by atoms with van der Waals surface area (Å²) >= 11 is 6.48. The normalized spacial score (nSPS) is 19.6. The summed E-state index contributed by atoms with van der Waals surface area (Å²) in [5.41, 5.74) is 2.71. The Morgan fingerprint density at radius 2 is 1.62 bits per heavy atom. The van der Waals surface area contributed by atoms with Crippen molar-refractivity contribution in [2.24, 2.45) is 5.92 Å². The first-order chi connectivity index (χ1) is 30.5. The summed E-state index contributed by atoms with van der Waals surface area (Å²) < 4.78 is 63.9. The van der Waals surface area contributed by atoms with Crippen LogP contribution in [0.2, 0.25) is 5.02 Å². The SMILES string of the molecule is O=C1CC[C@H](c2ccc(N3CCC(CN4CCCN(c5ccc(-n6cc(-c7cc(Cl)cc(NS(=O)(=O)N8CCCC8)c7F)c(-c7ccncc7)n6)c(F)c5)CC4)CC3)nc2)C(=O)N1. The highest BCUT2D eigenvalue weighted by molar-refractivity contribution is 7.90. The molecule has 2 amide bonds. The number of pyridine rings is 2. The summed E-state index contributed by atoms with van der Waals surface area (Å²) in [5.74, 6) is -0.698. The molecule has 18 heteroatoms. The molecule has 2 N–H and O–H groups in total. The second kappa shape index (κ2) is 18.3. The second-order valence-corrected chi connectivity index (χ2v) is 18.9. The van der Waals surface area contributed by atoms with E-state index in [1.807, 2.05) is 18.2 Å². The molecule has 4 fully saturated rings. The number of aromatic nitrogens is 4. The number of piperidine rings is 2. The summed E-state index contributed by atoms with van der Waals surface area (Å²) in [4.78, 5) is 39.7. The van der Waals surface area contributed by atoms with Crippen LogP contribution in [0, 0.1) is 17.6 Å². The van der Waals surface area contributed by atoms with Gasteiger partial charge in [0.15, 0.2) is 11.6 Å². The minimum atomic E-state index is -4.02. The molecule has 0 saturated carbocycles. The molecule has 0 bridgehead atoms. The first-order valence-electron chi connectivity index (χ1n) is 21.6. The first-order valence-corrected chi connectivity index (χ1v) is 23.4. The standard InChI is InChI=1S/C45H49ClF2N10O4S/c46-33-24-36(43(48)39(25-33)53-63(61,62)57-18-1-2-19-57)37-29-58(52-44(37)31-10-14-49-15-11-31)40-7-5-34(26-38(40)47)55-17-3-16-54(22-23-55)28-30-12-20-56(21-13-30)41-8-4-32(27-50-41)35-6-9-42(59)51-45(35)60/h4-5,7-8,10-11,14-15,24-27,29-30,35,53H,1-3,6,9,12-13,16-23,28H2,(H,51,59,60)/t35-/m1/s1. The van der Waals surface area contributed by atoms with Gasteiger partial charge in [-0.05, 0) is 105 Å². The van der Waals surface area contributed by atoms with Crippen molar-refractivity contribution >= 4 is 50.8 Å². The predicted octanol–water partition coefficient (Wildman–Crippen LogP) is 6.63. The number of rotatable bonds is 11. The van der Waals surface area contributed by atoms with E-state index >= 15 is 8.78 Å². The number of hydrogen-bond acceptors (Lipinski definition) is 10. The van der Waals surface area contributed by atoms with Crippen molar-refractivity contribution in [1.29, 1.82) is 0 Å². The van der Waals surface area contributed by atoms with Crippen LogP contribution in [0.25, 0.3) is 28.1 Å². The zero-order valence-corrected chi connectivity index (χ0v) is 36.3. The van der Waals surface area contributed by atoms with E-state index in [2.05, 4.69) is 34.7 Å². The fourth-order valence-corrected chi connectivity index (χ4v) is 10.7. The second-order valence-electron chi connectivity index (χ2n) is 16.8. The molecule has 1 atom stereocenters. The molecular formula is C45H49ClF2N10O4S. The molecule has 3 aromatic heterocycles. The number of hydrogen-bond donors (Lipinski definition) is 2. The minimum absolute atomic E-state index is 0.00622. The average molecular weight is 899 g/mol. The van der Waals surface area contributed by atoms with Gasteiger partial charge in [0.1, 0.15) is 17.2 Å². The number of halogens is 3. The van der Waals surface area contributed by atoms with Crippen LogP contribution in [0.5, 0.6) is 0 Å². The van der Waals surface area contributed by atoms with Crippen LogP contribution < -0.4 is 19.8 Å². The van der Waals surface area contributed by atoms with Crippen LogP contribution in [0.4, 0.5) is 26.0 Å². The lowest BCUT2D eigenvalue weighted by Crippen LogP contribution is -2.40. The number of anilines is 3. The van der Waals surface area contributed by atoms with Crippen molar-refractivity contribution in [3.8, 4) is 28.1 Å². The number of nitrogens with one attached hydrogen (secondary N) is 2. The van der Waals surface area contributed by atoms with Crippen molar-refractivity contribution in [2.75, 3.05) is 73.4 Å². The maximum atomic E-state index is 16.4. The van der Waals surface area contributed by atoms with Gasteiger partial charge in [-0.3, -0.25) is 24.6 Å². The third kappa shape index (κ3) is 9.42. The number of imide groups is 1. The number of benzene rings is 2. The van der Waals surface area contributed by atoms with Crippen LogP contribution in [0.3, 0.4) is 0 Å². The Balaban J connectivity index is 0.853. The van der Waals surface area contributed by atoms with Crippen molar-refractivity contribution < 1.29 is 26.8 Å². The lowest BCUT2D eigenvalue weighted by molar-refractivity contribution is -0.134. The number of amides is 2. The molecule has 330 valence electrons. The molecule has 4 aliphatic rings. The molecule has 0 radical (unpaired) electrons. The summed E-state index contributed by atoms with van der Waals surface area (Å²) in [6.45, 7) is 6.83. The minimum Gasteiger partial charge on any atom is -0.370 e. The molecule has 0 aliphatic carbocycles. The zero-order chi connectivity index (χ0) is 43.7. The molecule has 7 heterocycles. The first kappa shape index (κ1) is 42.8. The van der Waals surface area contributed by atoms with Crippen LogP contribution in [-0.2, 0) is 19.8 Å². The zero-order valence-electron chi connectivity index (χ0n) is 34.7. The Hall–Kier alpha value is -5.49. The van der Waals surface area contributed by atoms with Crippen molar-refractivity contribution in [3.63, 3.8) is 0 Å². The molecule has 5 aromatic rings.